The highest BCUT2D eigenvalue weighted by Crippen LogP contribution is 2.15. The molecule has 1 N–H and O–H groups in total. The molecule has 0 aliphatic carbocycles. The zero-order valence-corrected chi connectivity index (χ0v) is 12.1. The number of carbonyl (C=O) groups excluding carboxylic acids is 1. The molecule has 1 aliphatic rings. The van der Waals surface area contributed by atoms with E-state index in [0.717, 1.165) is 11.6 Å². The molecule has 3 rings (SSSR count). The summed E-state index contributed by atoms with van der Waals surface area (Å²) in [7, 11) is 0. The predicted molar refractivity (Wildman–Crippen MR) is 83.8 cm³/mol. The van der Waals surface area contributed by atoms with Crippen LogP contribution < -0.4 is 0 Å². The number of halogens is 1. The molecule has 0 radical (unpaired) electrons. The lowest BCUT2D eigenvalue weighted by Gasteiger charge is -1.98. The number of allylic oxidation sites excluding steroid dienone is 1. The van der Waals surface area contributed by atoms with E-state index in [9.17, 15) is 14.3 Å². The van der Waals surface area contributed by atoms with Gasteiger partial charge in [0, 0.05) is 18.7 Å². The van der Waals surface area contributed by atoms with Gasteiger partial charge in [-0.1, -0.05) is 12.1 Å². The molecule has 0 saturated carbocycles. The quantitative estimate of drug-likeness (QED) is 0.523. The molecule has 0 bridgehead atoms. The molecule has 2 aromatic rings. The number of rotatable bonds is 5. The van der Waals surface area contributed by atoms with Crippen molar-refractivity contribution >= 4 is 17.8 Å². The minimum Gasteiger partial charge on any atom is -0.504 e. The van der Waals surface area contributed by atoms with Crippen LogP contribution in [0.3, 0.4) is 0 Å². The van der Waals surface area contributed by atoms with Crippen molar-refractivity contribution in [1.82, 2.24) is 0 Å². The van der Waals surface area contributed by atoms with Gasteiger partial charge in [0.2, 0.25) is 5.78 Å². The van der Waals surface area contributed by atoms with E-state index in [2.05, 4.69) is 9.98 Å². The molecule has 116 valence electrons. The third-order valence-corrected chi connectivity index (χ3v) is 3.23. The number of aliphatic hydroxyl groups excluding tert-OH is 1. The van der Waals surface area contributed by atoms with Gasteiger partial charge in [0.25, 0.3) is 0 Å². The van der Waals surface area contributed by atoms with Crippen LogP contribution >= 0.6 is 0 Å². The number of ketones is 1. The number of hydrogen-bond acceptors (Lipinski definition) is 5. The Kier molecular flexibility index (Phi) is 4.14. The Bertz CT molecular complexity index is 817. The van der Waals surface area contributed by atoms with Gasteiger partial charge >= 0.3 is 0 Å². The molecule has 1 aliphatic heterocycles. The van der Waals surface area contributed by atoms with E-state index in [1.807, 2.05) is 0 Å². The fourth-order valence-electron chi connectivity index (χ4n) is 2.11. The number of hydrogen-bond donors (Lipinski definition) is 1. The minimum atomic E-state index is -0.474. The summed E-state index contributed by atoms with van der Waals surface area (Å²) in [6.45, 7) is 0.393. The Morgan fingerprint density at radius 1 is 1.26 bits per heavy atom. The second-order valence-electron chi connectivity index (χ2n) is 4.94. The third-order valence-electron chi connectivity index (χ3n) is 3.23. The van der Waals surface area contributed by atoms with Gasteiger partial charge in [0.1, 0.15) is 11.6 Å². The standard InChI is InChI=1S/C17H13FN2O3/c18-12-3-1-11(2-4-12)9-13-5-6-16(23-13)14(21)10-15(22)17-19-7-8-20-17/h1-7,10,22H,8-9H2/b15-10-. The first-order valence-corrected chi connectivity index (χ1v) is 6.97. The maximum atomic E-state index is 12.9. The molecular weight excluding hydrogens is 299 g/mol. The first-order valence-electron chi connectivity index (χ1n) is 6.97. The molecule has 0 unspecified atom stereocenters. The van der Waals surface area contributed by atoms with Crippen molar-refractivity contribution in [3.05, 3.63) is 71.1 Å². The smallest absolute Gasteiger partial charge is 0.224 e. The topological polar surface area (TPSA) is 75.2 Å². The van der Waals surface area contributed by atoms with Crippen LogP contribution in [0.4, 0.5) is 4.39 Å². The van der Waals surface area contributed by atoms with Crippen molar-refractivity contribution in [2.45, 2.75) is 6.42 Å². The average molecular weight is 312 g/mol. The fraction of sp³-hybridized carbons (Fsp3) is 0.118. The van der Waals surface area contributed by atoms with Crippen molar-refractivity contribution in [1.29, 1.82) is 0 Å². The fourth-order valence-corrected chi connectivity index (χ4v) is 2.11. The van der Waals surface area contributed by atoms with Gasteiger partial charge in [-0.15, -0.1) is 0 Å². The van der Waals surface area contributed by atoms with Gasteiger partial charge in [0.15, 0.2) is 17.4 Å². The van der Waals surface area contributed by atoms with Gasteiger partial charge in [-0.2, -0.15) is 0 Å². The molecule has 5 nitrogen and oxygen atoms in total. The number of carbonyl (C=O) groups is 1. The highest BCUT2D eigenvalue weighted by Gasteiger charge is 2.14. The number of nitrogens with zero attached hydrogens (tertiary/aromatic N) is 2. The molecule has 1 aromatic carbocycles. The van der Waals surface area contributed by atoms with Crippen LogP contribution in [0.15, 0.2) is 62.6 Å². The van der Waals surface area contributed by atoms with E-state index >= 15 is 0 Å². The largest absolute Gasteiger partial charge is 0.504 e. The van der Waals surface area contributed by atoms with Crippen LogP contribution in [-0.4, -0.2) is 29.5 Å². The Hall–Kier alpha value is -3.02. The van der Waals surface area contributed by atoms with Crippen molar-refractivity contribution in [2.24, 2.45) is 9.98 Å². The molecular formula is C17H13FN2O3. The number of amidine groups is 1. The van der Waals surface area contributed by atoms with Gasteiger partial charge in [-0.05, 0) is 29.8 Å². The van der Waals surface area contributed by atoms with Crippen LogP contribution in [0.5, 0.6) is 0 Å². The number of aliphatic imine (C=N–C) groups is 2. The first kappa shape index (κ1) is 14.9. The minimum absolute atomic E-state index is 0.108. The zero-order chi connectivity index (χ0) is 16.2. The lowest BCUT2D eigenvalue weighted by Crippen LogP contribution is -2.01. The molecule has 6 heteroatoms. The Balaban J connectivity index is 1.71. The van der Waals surface area contributed by atoms with Crippen LogP contribution in [0.25, 0.3) is 0 Å². The summed E-state index contributed by atoms with van der Waals surface area (Å²) in [5.41, 5.74) is 0.868. The molecule has 0 atom stereocenters. The lowest BCUT2D eigenvalue weighted by molar-refractivity contribution is 0.101. The Labute approximate surface area is 131 Å². The number of benzene rings is 1. The first-order chi connectivity index (χ1) is 11.1. The second kappa shape index (κ2) is 6.39. The summed E-state index contributed by atoms with van der Waals surface area (Å²) >= 11 is 0. The van der Waals surface area contributed by atoms with Crippen molar-refractivity contribution in [3.8, 4) is 0 Å². The van der Waals surface area contributed by atoms with Gasteiger partial charge in [0.05, 0.1) is 6.54 Å². The second-order valence-corrected chi connectivity index (χ2v) is 4.94. The van der Waals surface area contributed by atoms with Gasteiger partial charge < -0.3 is 9.52 Å². The van der Waals surface area contributed by atoms with E-state index in [1.54, 1.807) is 18.2 Å². The van der Waals surface area contributed by atoms with Crippen LogP contribution in [0.1, 0.15) is 21.9 Å². The van der Waals surface area contributed by atoms with Crippen LogP contribution in [-0.2, 0) is 6.42 Å². The van der Waals surface area contributed by atoms with E-state index in [1.165, 1.54) is 24.4 Å². The summed E-state index contributed by atoms with van der Waals surface area (Å²) < 4.78 is 18.3. The molecule has 2 heterocycles. The molecule has 23 heavy (non-hydrogen) atoms. The van der Waals surface area contributed by atoms with Crippen molar-refractivity contribution in [3.63, 3.8) is 0 Å². The number of aliphatic hydroxyl groups is 1. The van der Waals surface area contributed by atoms with Crippen LogP contribution in [0, 0.1) is 5.82 Å². The predicted octanol–water partition coefficient (Wildman–Crippen LogP) is 3.12. The van der Waals surface area contributed by atoms with Crippen LogP contribution in [0.2, 0.25) is 0 Å². The maximum Gasteiger partial charge on any atom is 0.224 e. The molecule has 1 aromatic heterocycles. The van der Waals surface area contributed by atoms with Crippen molar-refractivity contribution in [2.75, 3.05) is 6.54 Å². The van der Waals surface area contributed by atoms with Gasteiger partial charge in [-0.3, -0.25) is 9.79 Å². The maximum absolute atomic E-state index is 12.9. The summed E-state index contributed by atoms with van der Waals surface area (Å²) in [6, 6.07) is 9.25. The molecule has 0 amide bonds. The van der Waals surface area contributed by atoms with E-state index < -0.39 is 5.78 Å². The summed E-state index contributed by atoms with van der Waals surface area (Å²) in [5, 5.41) is 9.77. The molecule has 0 spiro atoms. The number of furan rings is 1. The third kappa shape index (κ3) is 3.60. The summed E-state index contributed by atoms with van der Waals surface area (Å²) in [5.74, 6) is -0.253. The molecule has 0 fully saturated rings. The normalized spacial score (nSPS) is 14.1. The summed E-state index contributed by atoms with van der Waals surface area (Å²) in [6.07, 6.45) is 3.01. The highest BCUT2D eigenvalue weighted by atomic mass is 19.1. The van der Waals surface area contributed by atoms with E-state index in [-0.39, 0.29) is 23.2 Å². The monoisotopic (exact) mass is 312 g/mol. The van der Waals surface area contributed by atoms with E-state index in [0.29, 0.717) is 18.7 Å². The Morgan fingerprint density at radius 2 is 2.04 bits per heavy atom. The Morgan fingerprint density at radius 3 is 2.74 bits per heavy atom. The average Bonchev–Trinajstić information content (AvgIpc) is 3.21. The summed E-state index contributed by atoms with van der Waals surface area (Å²) in [4.78, 5) is 19.8. The molecule has 0 saturated heterocycles. The zero-order valence-electron chi connectivity index (χ0n) is 12.1. The SMILES string of the molecule is O=C(/C=C(\O)C1=NCC=N1)c1ccc(Cc2ccc(F)cc2)o1. The van der Waals surface area contributed by atoms with Gasteiger partial charge in [-0.25, -0.2) is 9.38 Å². The highest BCUT2D eigenvalue weighted by molar-refractivity contribution is 6.11. The van der Waals surface area contributed by atoms with E-state index in [4.69, 9.17) is 4.42 Å². The lowest BCUT2D eigenvalue weighted by atomic mass is 10.1. The van der Waals surface area contributed by atoms with Crippen molar-refractivity contribution < 1.29 is 18.7 Å².